The monoisotopic (exact) mass is 724 g/mol. The number of aliphatic hydroxyl groups is 1. The third-order valence-electron chi connectivity index (χ3n) is 7.27. The number of rotatable bonds is 9. The molecule has 2 heterocycles. The van der Waals surface area contributed by atoms with Crippen molar-refractivity contribution < 1.29 is 40.2 Å². The molecule has 1 aromatic carbocycles. The van der Waals surface area contributed by atoms with Gasteiger partial charge in [0, 0.05) is 54.7 Å². The molecule has 0 aliphatic carbocycles. The maximum Gasteiger partial charge on any atom is 0.410 e. The molecule has 2 amide bonds. The quantitative estimate of drug-likeness (QED) is 0.239. The van der Waals surface area contributed by atoms with Crippen molar-refractivity contribution in [2.45, 2.75) is 123 Å². The average Bonchev–Trinajstić information content (AvgIpc) is 2.96. The Morgan fingerprint density at radius 3 is 1.87 bits per heavy atom. The van der Waals surface area contributed by atoms with E-state index < -0.39 is 23.3 Å². The number of ketones is 1. The van der Waals surface area contributed by atoms with Gasteiger partial charge in [0.1, 0.15) is 18.4 Å². The van der Waals surface area contributed by atoms with E-state index in [4.69, 9.17) is 21.1 Å². The van der Waals surface area contributed by atoms with Gasteiger partial charge in [-0.1, -0.05) is 15.9 Å². The van der Waals surface area contributed by atoms with Gasteiger partial charge in [-0.25, -0.2) is 9.59 Å². The first-order valence-corrected chi connectivity index (χ1v) is 16.9. The standard InChI is InChI=1S/C21H31BrN2O4.C12H21NO4.C2H2/c1-21(2,3)28-20(27)24-10-5-4-6-17(24)14-18(26)13-15-12-16(22)7-8-19(15)23-9-11-25;1-12(2,3)17-11(16)13-7-5-4-6-9(13)8-10(14)15;1-2/h7-8,12,17,23,25H,4-6,9-11,13-14H2,1-3H3;9H,4-8H2,1-3H3,(H,14,15);1-2H/i;;1D. The van der Waals surface area contributed by atoms with Crippen LogP contribution in [0.3, 0.4) is 0 Å². The molecule has 0 aromatic heterocycles. The van der Waals surface area contributed by atoms with Gasteiger partial charge in [0.2, 0.25) is 0 Å². The molecule has 2 fully saturated rings. The average molecular weight is 726 g/mol. The summed E-state index contributed by atoms with van der Waals surface area (Å²) in [6, 6.07) is 5.38. The van der Waals surface area contributed by atoms with E-state index >= 15 is 0 Å². The molecule has 3 rings (SSSR count). The van der Waals surface area contributed by atoms with E-state index in [9.17, 15) is 19.2 Å². The Balaban J connectivity index is 0.000000490. The van der Waals surface area contributed by atoms with Crippen LogP contribution in [0.2, 0.25) is 0 Å². The fraction of sp³-hybridized carbons (Fsp3) is 0.657. The minimum Gasteiger partial charge on any atom is -0.481 e. The Kier molecular flexibility index (Phi) is 17.1. The summed E-state index contributed by atoms with van der Waals surface area (Å²) >= 11 is 3.45. The van der Waals surface area contributed by atoms with E-state index in [1.165, 1.54) is 6.40 Å². The molecule has 2 atom stereocenters. The van der Waals surface area contributed by atoms with Crippen molar-refractivity contribution in [1.82, 2.24) is 9.80 Å². The zero-order valence-electron chi connectivity index (χ0n) is 29.8. The van der Waals surface area contributed by atoms with Crippen LogP contribution in [-0.4, -0.2) is 93.5 Å². The fourth-order valence-electron chi connectivity index (χ4n) is 5.37. The van der Waals surface area contributed by atoms with Crippen LogP contribution in [0.4, 0.5) is 15.3 Å². The first-order chi connectivity index (χ1) is 22.4. The zero-order chi connectivity index (χ0) is 36.5. The summed E-state index contributed by atoms with van der Waals surface area (Å²) in [7, 11) is 0. The lowest BCUT2D eigenvalue weighted by atomic mass is 9.95. The predicted molar refractivity (Wildman–Crippen MR) is 186 cm³/mol. The van der Waals surface area contributed by atoms with Crippen LogP contribution < -0.4 is 5.32 Å². The third kappa shape index (κ3) is 16.4. The second kappa shape index (κ2) is 20.2. The molecule has 0 spiro atoms. The molecule has 2 unspecified atom stereocenters. The summed E-state index contributed by atoms with van der Waals surface area (Å²) in [6.07, 6.45) is 11.0. The maximum atomic E-state index is 12.8. The Bertz CT molecular complexity index is 1240. The van der Waals surface area contributed by atoms with Crippen LogP contribution in [0.5, 0.6) is 0 Å². The topological polar surface area (TPSA) is 146 Å². The van der Waals surface area contributed by atoms with Crippen LogP contribution in [0.15, 0.2) is 22.7 Å². The summed E-state index contributed by atoms with van der Waals surface area (Å²) in [6.45, 7) is 12.6. The highest BCUT2D eigenvalue weighted by Crippen LogP contribution is 2.26. The smallest absolute Gasteiger partial charge is 0.410 e. The number of piperidine rings is 2. The summed E-state index contributed by atoms with van der Waals surface area (Å²) in [5, 5.41) is 21.0. The Hall–Kier alpha value is -3.30. The lowest BCUT2D eigenvalue weighted by Crippen LogP contribution is -2.47. The lowest BCUT2D eigenvalue weighted by Gasteiger charge is -2.36. The highest BCUT2D eigenvalue weighted by Gasteiger charge is 2.33. The normalized spacial score (nSPS) is 18.1. The van der Waals surface area contributed by atoms with Crippen LogP contribution >= 0.6 is 15.9 Å². The number of halogens is 1. The number of hydrogen-bond donors (Lipinski definition) is 3. The van der Waals surface area contributed by atoms with Crippen LogP contribution in [-0.2, 0) is 25.5 Å². The fourth-order valence-corrected chi connectivity index (χ4v) is 5.78. The van der Waals surface area contributed by atoms with Crippen molar-refractivity contribution >= 4 is 45.6 Å². The van der Waals surface area contributed by atoms with Crippen LogP contribution in [0, 0.1) is 12.8 Å². The molecule has 0 saturated carbocycles. The van der Waals surface area contributed by atoms with Crippen molar-refractivity contribution in [2.24, 2.45) is 0 Å². The molecule has 47 heavy (non-hydrogen) atoms. The molecule has 2 aliphatic heterocycles. The highest BCUT2D eigenvalue weighted by molar-refractivity contribution is 9.10. The van der Waals surface area contributed by atoms with Crippen LogP contribution in [0.25, 0.3) is 0 Å². The van der Waals surface area contributed by atoms with Crippen molar-refractivity contribution in [2.75, 3.05) is 31.6 Å². The van der Waals surface area contributed by atoms with Gasteiger partial charge in [0.15, 0.2) is 0 Å². The number of amides is 2. The molecule has 3 N–H and O–H groups in total. The number of carboxylic acids is 1. The molecule has 0 bridgehead atoms. The Morgan fingerprint density at radius 2 is 1.43 bits per heavy atom. The van der Waals surface area contributed by atoms with Gasteiger partial charge in [0.25, 0.3) is 0 Å². The van der Waals surface area contributed by atoms with E-state index in [-0.39, 0.29) is 43.4 Å². The second-order valence-electron chi connectivity index (χ2n) is 13.6. The minimum absolute atomic E-state index is 0.000751. The summed E-state index contributed by atoms with van der Waals surface area (Å²) in [4.78, 5) is 51.3. The van der Waals surface area contributed by atoms with Gasteiger partial charge in [-0.15, -0.1) is 12.8 Å². The van der Waals surface area contributed by atoms with Gasteiger partial charge in [-0.2, -0.15) is 0 Å². The molecular weight excluding hydrogens is 670 g/mol. The summed E-state index contributed by atoms with van der Waals surface area (Å²) in [5.41, 5.74) is 0.639. The number of terminal acetylenes is 1. The Labute approximate surface area is 290 Å². The number of Topliss-reactive ketones (excluding diaryl/α,β-unsaturated/α-hetero) is 1. The number of nitrogens with zero attached hydrogens (tertiary/aromatic N) is 2. The number of likely N-dealkylation sites (tertiary alicyclic amines) is 2. The zero-order valence-corrected chi connectivity index (χ0v) is 30.4. The molecule has 2 saturated heterocycles. The van der Waals surface area contributed by atoms with Gasteiger partial charge in [-0.05, 0) is 104 Å². The summed E-state index contributed by atoms with van der Waals surface area (Å²) in [5.74, 6) is -0.781. The van der Waals surface area contributed by atoms with E-state index in [0.717, 1.165) is 54.2 Å². The number of aliphatic hydroxyl groups excluding tert-OH is 1. The van der Waals surface area contributed by atoms with Crippen molar-refractivity contribution in [3.63, 3.8) is 0 Å². The third-order valence-corrected chi connectivity index (χ3v) is 7.76. The highest BCUT2D eigenvalue weighted by atomic mass is 79.9. The number of hydrogen-bond acceptors (Lipinski definition) is 8. The molecular formula is C35H54BrN3O8. The molecule has 11 nitrogen and oxygen atoms in total. The largest absolute Gasteiger partial charge is 0.481 e. The van der Waals surface area contributed by atoms with Gasteiger partial charge in [0.05, 0.1) is 13.0 Å². The SMILES string of the molecule is CC(C)(C)OC(=O)N1CCCCC1CC(=O)Cc1cc(Br)ccc1NCCO.CC(C)(C)OC(=O)N1CCCCC1CC(=O)O.[2H]C#C. The van der Waals surface area contributed by atoms with Crippen LogP contribution in [0.1, 0.15) is 99.8 Å². The summed E-state index contributed by atoms with van der Waals surface area (Å²) < 4.78 is 17.4. The van der Waals surface area contributed by atoms with E-state index in [0.29, 0.717) is 26.1 Å². The predicted octanol–water partition coefficient (Wildman–Crippen LogP) is 6.64. The first kappa shape index (κ1) is 39.9. The number of carbonyl (C=O) groups excluding carboxylic acids is 3. The van der Waals surface area contributed by atoms with Gasteiger partial charge >= 0.3 is 18.2 Å². The second-order valence-corrected chi connectivity index (χ2v) is 14.5. The number of ether oxygens (including phenoxy) is 2. The molecule has 2 aliphatic rings. The molecule has 12 heteroatoms. The molecule has 264 valence electrons. The van der Waals surface area contributed by atoms with E-state index in [1.807, 2.05) is 39.0 Å². The van der Waals surface area contributed by atoms with Crippen molar-refractivity contribution in [3.05, 3.63) is 28.2 Å². The number of carboxylic acid groups (broad SMARTS) is 1. The van der Waals surface area contributed by atoms with E-state index in [1.54, 1.807) is 30.6 Å². The number of aliphatic carboxylic acids is 1. The lowest BCUT2D eigenvalue weighted by molar-refractivity contribution is -0.138. The molecule has 0 radical (unpaired) electrons. The first-order valence-electron chi connectivity index (χ1n) is 16.6. The maximum absolute atomic E-state index is 12.8. The number of benzene rings is 1. The van der Waals surface area contributed by atoms with Gasteiger partial charge < -0.3 is 34.8 Å². The van der Waals surface area contributed by atoms with Gasteiger partial charge in [-0.3, -0.25) is 9.59 Å². The minimum atomic E-state index is -0.870. The van der Waals surface area contributed by atoms with E-state index in [2.05, 4.69) is 27.7 Å². The van der Waals surface area contributed by atoms with Crippen molar-refractivity contribution in [1.29, 1.82) is 0 Å². The number of carbonyl (C=O) groups is 4. The number of anilines is 1. The number of nitrogens with one attached hydrogen (secondary N) is 1. The Morgan fingerprint density at radius 1 is 0.936 bits per heavy atom. The molecule has 1 aromatic rings. The van der Waals surface area contributed by atoms with Crippen molar-refractivity contribution in [3.8, 4) is 12.8 Å².